The van der Waals surface area contributed by atoms with E-state index in [1.54, 1.807) is 0 Å². The molecule has 0 amide bonds. The van der Waals surface area contributed by atoms with Crippen LogP contribution in [-0.2, 0) is 7.05 Å². The van der Waals surface area contributed by atoms with Gasteiger partial charge in [-0.05, 0) is 6.07 Å². The van der Waals surface area contributed by atoms with E-state index in [4.69, 9.17) is 5.39 Å². The van der Waals surface area contributed by atoms with Crippen molar-refractivity contribution in [2.45, 2.75) is 0 Å². The Labute approximate surface area is 89.3 Å². The van der Waals surface area contributed by atoms with Gasteiger partial charge >= 0.3 is 5.69 Å². The van der Waals surface area contributed by atoms with E-state index in [1.807, 2.05) is 0 Å². The second kappa shape index (κ2) is 3.20. The molecular formula is C9H6N4O3. The monoisotopic (exact) mass is 218 g/mol. The van der Waals surface area contributed by atoms with Gasteiger partial charge in [0.25, 0.3) is 5.69 Å². The molecular weight excluding hydrogens is 212 g/mol. The Hall–Kier alpha value is -2.62. The van der Waals surface area contributed by atoms with E-state index in [1.165, 1.54) is 29.8 Å². The Kier molecular flexibility index (Phi) is 1.98. The van der Waals surface area contributed by atoms with Crippen LogP contribution in [-0.4, -0.2) is 9.49 Å². The van der Waals surface area contributed by atoms with Gasteiger partial charge in [0.1, 0.15) is 5.39 Å². The third kappa shape index (κ3) is 1.17. The molecule has 7 heteroatoms. The minimum atomic E-state index is -0.571. The van der Waals surface area contributed by atoms with Crippen molar-refractivity contribution in [1.82, 2.24) is 4.57 Å². The first-order chi connectivity index (χ1) is 7.56. The van der Waals surface area contributed by atoms with E-state index in [9.17, 15) is 15.2 Å². The van der Waals surface area contributed by atoms with Crippen LogP contribution >= 0.6 is 0 Å². The van der Waals surface area contributed by atoms with Gasteiger partial charge in [0.2, 0.25) is 5.39 Å². The number of non-ortho nitro benzene ring substituents is 1. The van der Waals surface area contributed by atoms with Crippen LogP contribution < -0.4 is 5.11 Å². The van der Waals surface area contributed by atoms with Crippen LogP contribution in [0.25, 0.3) is 15.9 Å². The van der Waals surface area contributed by atoms with E-state index >= 15 is 0 Å². The van der Waals surface area contributed by atoms with Crippen molar-refractivity contribution in [2.24, 2.45) is 7.05 Å². The van der Waals surface area contributed by atoms with Gasteiger partial charge < -0.3 is 9.67 Å². The smallest absolute Gasteiger partial charge is 0.403 e. The molecule has 0 N–H and O–H groups in total. The van der Waals surface area contributed by atoms with Crippen molar-refractivity contribution in [2.75, 3.05) is 0 Å². The molecule has 1 aromatic heterocycles. The second-order valence-corrected chi connectivity index (χ2v) is 3.27. The first kappa shape index (κ1) is 9.92. The van der Waals surface area contributed by atoms with Crippen LogP contribution in [0, 0.1) is 15.5 Å². The zero-order chi connectivity index (χ0) is 11.9. The number of nitro groups is 1. The number of rotatable bonds is 1. The molecule has 0 unspecified atom stereocenters. The number of nitrogens with zero attached hydrogens (tertiary/aromatic N) is 4. The molecule has 2 aromatic rings. The Morgan fingerprint density at radius 2 is 2.19 bits per heavy atom. The lowest BCUT2D eigenvalue weighted by molar-refractivity contribution is -0.384. The summed E-state index contributed by atoms with van der Waals surface area (Å²) in [6.45, 7) is 0. The fourth-order valence-electron chi connectivity index (χ4n) is 1.60. The molecule has 0 aliphatic rings. The highest BCUT2D eigenvalue weighted by Gasteiger charge is 2.21. The highest BCUT2D eigenvalue weighted by atomic mass is 16.6. The van der Waals surface area contributed by atoms with Gasteiger partial charge in [-0.3, -0.25) is 10.1 Å². The summed E-state index contributed by atoms with van der Waals surface area (Å²) < 4.78 is 1.27. The quantitative estimate of drug-likeness (QED) is 0.412. The van der Waals surface area contributed by atoms with E-state index in [2.05, 4.69) is 4.98 Å². The molecule has 0 spiro atoms. The molecule has 0 saturated carbocycles. The highest BCUT2D eigenvalue weighted by molar-refractivity contribution is 5.98. The zero-order valence-electron chi connectivity index (χ0n) is 8.25. The van der Waals surface area contributed by atoms with Crippen molar-refractivity contribution in [1.29, 1.82) is 5.39 Å². The van der Waals surface area contributed by atoms with Crippen LogP contribution in [0.1, 0.15) is 0 Å². The number of hydrogen-bond acceptors (Lipinski definition) is 4. The molecule has 0 bridgehead atoms. The first-order valence-electron chi connectivity index (χ1n) is 4.35. The number of aromatic nitrogens is 1. The van der Waals surface area contributed by atoms with E-state index in [0.29, 0.717) is 5.52 Å². The highest BCUT2D eigenvalue weighted by Crippen LogP contribution is 2.37. The molecule has 1 heterocycles. The van der Waals surface area contributed by atoms with Gasteiger partial charge in [-0.1, -0.05) is 0 Å². The van der Waals surface area contributed by atoms with Crippen molar-refractivity contribution < 1.29 is 10.0 Å². The van der Waals surface area contributed by atoms with Crippen LogP contribution in [0.15, 0.2) is 18.2 Å². The number of hydrogen-bond donors (Lipinski definition) is 0. The lowest BCUT2D eigenvalue weighted by Gasteiger charge is -2.02. The lowest BCUT2D eigenvalue weighted by atomic mass is 10.2. The molecule has 0 atom stereocenters. The largest absolute Gasteiger partial charge is 0.854 e. The van der Waals surface area contributed by atoms with Crippen LogP contribution in [0.5, 0.6) is 5.88 Å². The zero-order valence-corrected chi connectivity index (χ0v) is 8.25. The summed E-state index contributed by atoms with van der Waals surface area (Å²) in [5.41, 5.74) is 0.160. The van der Waals surface area contributed by atoms with Gasteiger partial charge in [0.05, 0.1) is 16.3 Å². The van der Waals surface area contributed by atoms with Gasteiger partial charge in [0.15, 0.2) is 4.98 Å². The molecule has 7 nitrogen and oxygen atoms in total. The predicted molar refractivity (Wildman–Crippen MR) is 53.8 cm³/mol. The number of nitro benzene ring substituents is 1. The van der Waals surface area contributed by atoms with Crippen molar-refractivity contribution in [3.63, 3.8) is 0 Å². The van der Waals surface area contributed by atoms with E-state index in [0.717, 1.165) is 0 Å². The van der Waals surface area contributed by atoms with Gasteiger partial charge in [-0.15, -0.1) is 0 Å². The molecule has 0 fully saturated rings. The molecule has 80 valence electrons. The maximum Gasteiger partial charge on any atom is 0.403 e. The summed E-state index contributed by atoms with van der Waals surface area (Å²) in [5, 5.41) is 31.1. The van der Waals surface area contributed by atoms with Crippen LogP contribution in [0.2, 0.25) is 0 Å². The first-order valence-corrected chi connectivity index (χ1v) is 4.35. The summed E-state index contributed by atoms with van der Waals surface area (Å²) >= 11 is 0. The minimum absolute atomic E-state index is 0.150. The van der Waals surface area contributed by atoms with Gasteiger partial charge in [-0.2, -0.15) is 0 Å². The van der Waals surface area contributed by atoms with Crippen LogP contribution in [0.4, 0.5) is 11.4 Å². The Balaban J connectivity index is 2.88. The predicted octanol–water partition coefficient (Wildman–Crippen LogP) is 1.64. The number of benzene rings is 1. The van der Waals surface area contributed by atoms with Crippen molar-refractivity contribution >= 4 is 22.3 Å². The van der Waals surface area contributed by atoms with Crippen molar-refractivity contribution in [3.8, 4) is 5.88 Å². The lowest BCUT2D eigenvalue weighted by Crippen LogP contribution is -1.97. The number of aryl methyl sites for hydroxylation is 1. The molecule has 0 radical (unpaired) electrons. The maximum absolute atomic E-state index is 11.5. The van der Waals surface area contributed by atoms with E-state index < -0.39 is 10.8 Å². The SMILES string of the molecule is Cn1c([O-])c([N+]#N)c2cc([N+](=O)[O-])ccc21. The summed E-state index contributed by atoms with van der Waals surface area (Å²) in [6.07, 6.45) is 0. The number of fused-ring (bicyclic) bond motifs is 1. The molecule has 2 rings (SSSR count). The third-order valence-electron chi connectivity index (χ3n) is 2.41. The second-order valence-electron chi connectivity index (χ2n) is 3.27. The molecule has 0 aliphatic carbocycles. The average molecular weight is 218 g/mol. The standard InChI is InChI=1S/C9H6N4O3/c1-12-7-3-2-5(13(15)16)4-6(7)8(11-10)9(12)14/h2-4H,1H3. The fourth-order valence-corrected chi connectivity index (χ4v) is 1.60. The molecule has 16 heavy (non-hydrogen) atoms. The summed E-state index contributed by atoms with van der Waals surface area (Å²) in [5.74, 6) is -0.488. The van der Waals surface area contributed by atoms with Gasteiger partial charge in [0, 0.05) is 19.2 Å². The Morgan fingerprint density at radius 1 is 1.50 bits per heavy atom. The third-order valence-corrected chi connectivity index (χ3v) is 2.41. The summed E-state index contributed by atoms with van der Waals surface area (Å²) in [6, 6.07) is 3.96. The average Bonchev–Trinajstić information content (AvgIpc) is 2.51. The topological polar surface area (TPSA) is 99.3 Å². The Morgan fingerprint density at radius 3 is 2.75 bits per heavy atom. The molecule has 0 saturated heterocycles. The minimum Gasteiger partial charge on any atom is -0.854 e. The maximum atomic E-state index is 11.5. The normalized spacial score (nSPS) is 10.2. The molecule has 0 aliphatic heterocycles. The fraction of sp³-hybridized carbons (Fsp3) is 0.111. The summed E-state index contributed by atoms with van der Waals surface area (Å²) in [4.78, 5) is 12.9. The van der Waals surface area contributed by atoms with Crippen molar-refractivity contribution in [3.05, 3.63) is 33.3 Å². The summed E-state index contributed by atoms with van der Waals surface area (Å²) in [7, 11) is 1.51. The number of diazo groups is 1. The molecule has 1 aromatic carbocycles. The Bertz CT molecular complexity index is 638. The van der Waals surface area contributed by atoms with Gasteiger partial charge in [-0.25, -0.2) is 0 Å². The van der Waals surface area contributed by atoms with Crippen LogP contribution in [0.3, 0.4) is 0 Å². The van der Waals surface area contributed by atoms with E-state index in [-0.39, 0.29) is 16.8 Å².